The molecular weight excluding hydrogens is 432 g/mol. The van der Waals surface area contributed by atoms with Crippen LogP contribution in [0.4, 0.5) is 11.5 Å². The van der Waals surface area contributed by atoms with Crippen molar-refractivity contribution in [1.82, 2.24) is 25.4 Å². The first-order chi connectivity index (χ1) is 16.5. The fourth-order valence-electron chi connectivity index (χ4n) is 3.34. The largest absolute Gasteiger partial charge is 0.394 e. The van der Waals surface area contributed by atoms with Gasteiger partial charge in [0, 0.05) is 23.5 Å². The number of benzene rings is 1. The molecule has 0 spiro atoms. The Balaban J connectivity index is 1.70. The van der Waals surface area contributed by atoms with Gasteiger partial charge >= 0.3 is 0 Å². The van der Waals surface area contributed by atoms with Gasteiger partial charge in [0.15, 0.2) is 5.69 Å². The van der Waals surface area contributed by atoms with Crippen molar-refractivity contribution < 1.29 is 9.90 Å². The van der Waals surface area contributed by atoms with E-state index in [1.165, 1.54) is 12.3 Å². The Labute approximate surface area is 195 Å². The number of aryl methyl sites for hydroxylation is 1. The molecule has 0 unspecified atom stereocenters. The molecule has 34 heavy (non-hydrogen) atoms. The number of carbonyl (C=O) groups is 1. The molecule has 170 valence electrons. The van der Waals surface area contributed by atoms with Crippen LogP contribution in [0.3, 0.4) is 0 Å². The summed E-state index contributed by atoms with van der Waals surface area (Å²) >= 11 is 0. The van der Waals surface area contributed by atoms with Gasteiger partial charge in [0.2, 0.25) is 0 Å². The van der Waals surface area contributed by atoms with Crippen LogP contribution < -0.4 is 10.6 Å². The Kier molecular flexibility index (Phi) is 6.57. The number of rotatable bonds is 7. The van der Waals surface area contributed by atoms with E-state index in [0.29, 0.717) is 17.2 Å². The summed E-state index contributed by atoms with van der Waals surface area (Å²) in [6.45, 7) is 3.80. The molecule has 0 fully saturated rings. The van der Waals surface area contributed by atoms with E-state index in [1.54, 1.807) is 18.5 Å². The lowest BCUT2D eigenvalue weighted by molar-refractivity contribution is 0.102. The quantitative estimate of drug-likeness (QED) is 0.332. The Bertz CT molecular complexity index is 1360. The number of nitrogens with one attached hydrogen (secondary N) is 3. The maximum Gasteiger partial charge on any atom is 0.276 e. The van der Waals surface area contributed by atoms with Crippen molar-refractivity contribution in [1.29, 1.82) is 5.26 Å². The van der Waals surface area contributed by atoms with E-state index in [-0.39, 0.29) is 23.9 Å². The van der Waals surface area contributed by atoms with Crippen LogP contribution in [0.1, 0.15) is 28.5 Å². The second-order valence-corrected chi connectivity index (χ2v) is 7.77. The van der Waals surface area contributed by atoms with Crippen molar-refractivity contribution in [2.24, 2.45) is 0 Å². The molecule has 0 aliphatic carbocycles. The molecule has 4 aromatic rings. The topological polar surface area (TPSA) is 152 Å². The Morgan fingerprint density at radius 1 is 1.21 bits per heavy atom. The van der Waals surface area contributed by atoms with Gasteiger partial charge < -0.3 is 15.7 Å². The molecular formula is C24H22N8O2. The zero-order chi connectivity index (χ0) is 24.1. The van der Waals surface area contributed by atoms with Crippen LogP contribution in [0.25, 0.3) is 22.4 Å². The standard InChI is InChI=1S/C24H22N8O2/c1-14-3-4-19(30-24(34)22-5-16(9-25)10-28-32-22)8-20(14)17-6-21(18-11-26-27-12-18)31-23(7-17)29-15(2)13-33/h3-8,10-12,15,33H,13H2,1-2H3,(H,26,27)(H,29,31)(H,30,34)/t15-/m1/s1. The van der Waals surface area contributed by atoms with Crippen molar-refractivity contribution in [2.45, 2.75) is 19.9 Å². The molecule has 3 aromatic heterocycles. The van der Waals surface area contributed by atoms with E-state index < -0.39 is 5.91 Å². The molecule has 1 aromatic carbocycles. The molecule has 10 heteroatoms. The van der Waals surface area contributed by atoms with E-state index >= 15 is 0 Å². The van der Waals surface area contributed by atoms with E-state index in [4.69, 9.17) is 5.26 Å². The minimum absolute atomic E-state index is 0.0383. The average molecular weight is 454 g/mol. The van der Waals surface area contributed by atoms with Crippen molar-refractivity contribution in [3.63, 3.8) is 0 Å². The second-order valence-electron chi connectivity index (χ2n) is 7.77. The summed E-state index contributed by atoms with van der Waals surface area (Å²) in [6.07, 6.45) is 4.74. The summed E-state index contributed by atoms with van der Waals surface area (Å²) in [5.74, 6) is 0.139. The normalized spacial score (nSPS) is 11.5. The number of aliphatic hydroxyl groups excluding tert-OH is 1. The minimum Gasteiger partial charge on any atom is -0.394 e. The van der Waals surface area contributed by atoms with Gasteiger partial charge in [-0.15, -0.1) is 5.10 Å². The van der Waals surface area contributed by atoms with E-state index in [2.05, 4.69) is 36.0 Å². The van der Waals surface area contributed by atoms with Crippen LogP contribution in [0.2, 0.25) is 0 Å². The van der Waals surface area contributed by atoms with Gasteiger partial charge in [-0.2, -0.15) is 15.5 Å². The maximum absolute atomic E-state index is 12.7. The minimum atomic E-state index is -0.465. The Morgan fingerprint density at radius 2 is 2.06 bits per heavy atom. The molecule has 10 nitrogen and oxygen atoms in total. The highest BCUT2D eigenvalue weighted by atomic mass is 16.3. The highest BCUT2D eigenvalue weighted by molar-refractivity contribution is 6.03. The average Bonchev–Trinajstić information content (AvgIpc) is 3.40. The fourth-order valence-corrected chi connectivity index (χ4v) is 3.34. The van der Waals surface area contributed by atoms with Crippen molar-refractivity contribution >= 4 is 17.4 Å². The second kappa shape index (κ2) is 9.89. The number of hydrogen-bond acceptors (Lipinski definition) is 8. The number of nitriles is 1. The van der Waals surface area contributed by atoms with Gasteiger partial charge in [0.1, 0.15) is 11.9 Å². The molecule has 4 rings (SSSR count). The van der Waals surface area contributed by atoms with Crippen LogP contribution in [0.5, 0.6) is 0 Å². The van der Waals surface area contributed by atoms with Crippen molar-refractivity contribution in [2.75, 3.05) is 17.2 Å². The lowest BCUT2D eigenvalue weighted by Crippen LogP contribution is -2.20. The molecule has 1 atom stereocenters. The van der Waals surface area contributed by atoms with Crippen molar-refractivity contribution in [3.8, 4) is 28.5 Å². The molecule has 3 heterocycles. The van der Waals surface area contributed by atoms with Crippen molar-refractivity contribution in [3.05, 3.63) is 71.8 Å². The highest BCUT2D eigenvalue weighted by Gasteiger charge is 2.14. The lowest BCUT2D eigenvalue weighted by Gasteiger charge is -2.16. The predicted octanol–water partition coefficient (Wildman–Crippen LogP) is 3.15. The first-order valence-electron chi connectivity index (χ1n) is 10.5. The van der Waals surface area contributed by atoms with Gasteiger partial charge in [-0.05, 0) is 60.9 Å². The summed E-state index contributed by atoms with van der Waals surface area (Å²) in [7, 11) is 0. The van der Waals surface area contributed by atoms with Crippen LogP contribution in [-0.2, 0) is 0 Å². The third-order valence-electron chi connectivity index (χ3n) is 5.11. The summed E-state index contributed by atoms with van der Waals surface area (Å²) in [4.78, 5) is 17.3. The summed E-state index contributed by atoms with van der Waals surface area (Å²) in [5.41, 5.74) is 5.16. The molecule has 0 bridgehead atoms. The zero-order valence-electron chi connectivity index (χ0n) is 18.6. The molecule has 4 N–H and O–H groups in total. The summed E-state index contributed by atoms with van der Waals surface area (Å²) in [5, 5.41) is 38.8. The third-order valence-corrected chi connectivity index (χ3v) is 5.11. The van der Waals surface area contributed by atoms with Gasteiger partial charge in [-0.25, -0.2) is 4.98 Å². The number of H-pyrrole nitrogens is 1. The number of pyridine rings is 1. The molecule has 0 saturated carbocycles. The van der Waals surface area contributed by atoms with E-state index in [0.717, 1.165) is 22.3 Å². The van der Waals surface area contributed by atoms with Gasteiger partial charge in [0.25, 0.3) is 5.91 Å². The lowest BCUT2D eigenvalue weighted by atomic mass is 9.98. The van der Waals surface area contributed by atoms with Crippen LogP contribution >= 0.6 is 0 Å². The highest BCUT2D eigenvalue weighted by Crippen LogP contribution is 2.31. The number of aromatic nitrogens is 5. The zero-order valence-corrected chi connectivity index (χ0v) is 18.6. The summed E-state index contributed by atoms with van der Waals surface area (Å²) < 4.78 is 0. The molecule has 0 aliphatic rings. The number of aliphatic hydroxyl groups is 1. The predicted molar refractivity (Wildman–Crippen MR) is 127 cm³/mol. The van der Waals surface area contributed by atoms with Gasteiger partial charge in [0.05, 0.1) is 30.3 Å². The van der Waals surface area contributed by atoms with Crippen LogP contribution in [0.15, 0.2) is 55.0 Å². The van der Waals surface area contributed by atoms with E-state index in [9.17, 15) is 9.90 Å². The molecule has 1 amide bonds. The van der Waals surface area contributed by atoms with Crippen LogP contribution in [-0.4, -0.2) is 49.0 Å². The number of anilines is 2. The molecule has 0 saturated heterocycles. The summed E-state index contributed by atoms with van der Waals surface area (Å²) in [6, 6.07) is 12.5. The van der Waals surface area contributed by atoms with Crippen LogP contribution in [0, 0.1) is 18.3 Å². The number of carbonyl (C=O) groups excluding carboxylic acids is 1. The number of nitrogens with zero attached hydrogens (tertiary/aromatic N) is 5. The van der Waals surface area contributed by atoms with E-state index in [1.807, 2.05) is 44.2 Å². The Morgan fingerprint density at radius 3 is 2.79 bits per heavy atom. The number of hydrogen-bond donors (Lipinski definition) is 4. The first-order valence-corrected chi connectivity index (χ1v) is 10.5. The third kappa shape index (κ3) is 5.06. The van der Waals surface area contributed by atoms with Gasteiger partial charge in [-0.1, -0.05) is 6.07 Å². The monoisotopic (exact) mass is 454 g/mol. The maximum atomic E-state index is 12.7. The van der Waals surface area contributed by atoms with Gasteiger partial charge in [-0.3, -0.25) is 9.89 Å². The fraction of sp³-hybridized carbons (Fsp3) is 0.167. The number of aromatic amines is 1. The number of amides is 1. The SMILES string of the molecule is Cc1ccc(NC(=O)c2cc(C#N)cnn2)cc1-c1cc(N[C@H](C)CO)nc(-c2cn[nH]c2)c1. The first kappa shape index (κ1) is 22.6. The smallest absolute Gasteiger partial charge is 0.276 e. The molecule has 0 aliphatic heterocycles. The molecule has 0 radical (unpaired) electrons. The Hall–Kier alpha value is -4.62.